The summed E-state index contributed by atoms with van der Waals surface area (Å²) in [5.74, 6) is -2.21. The fourth-order valence-corrected chi connectivity index (χ4v) is 3.00. The van der Waals surface area contributed by atoms with Gasteiger partial charge in [0.1, 0.15) is 12.1 Å². The zero-order chi connectivity index (χ0) is 20.3. The van der Waals surface area contributed by atoms with Crippen LogP contribution in [0.3, 0.4) is 0 Å². The number of para-hydroxylation sites is 1. The molecule has 3 rings (SSSR count). The molecule has 0 fully saturated rings. The average Bonchev–Trinajstić information content (AvgIpc) is 2.94. The number of hydrogen-bond acceptors (Lipinski definition) is 6. The van der Waals surface area contributed by atoms with E-state index < -0.39 is 34.9 Å². The molecule has 0 atom stereocenters. The number of amides is 3. The molecule has 0 radical (unpaired) electrons. The summed E-state index contributed by atoms with van der Waals surface area (Å²) in [4.78, 5) is 50.4. The van der Waals surface area contributed by atoms with Crippen molar-refractivity contribution in [3.05, 3.63) is 69.8 Å². The molecule has 1 aliphatic heterocycles. The third-order valence-corrected chi connectivity index (χ3v) is 4.28. The van der Waals surface area contributed by atoms with Crippen molar-refractivity contribution in [3.63, 3.8) is 0 Å². The molecule has 1 aliphatic rings. The van der Waals surface area contributed by atoms with E-state index in [9.17, 15) is 24.5 Å². The van der Waals surface area contributed by atoms with Crippen LogP contribution in [-0.4, -0.2) is 40.6 Å². The Bertz CT molecular complexity index is 1010. The van der Waals surface area contributed by atoms with Gasteiger partial charge in [0.2, 0.25) is 5.91 Å². The summed E-state index contributed by atoms with van der Waals surface area (Å²) in [6.07, 6.45) is 0.0637. The van der Waals surface area contributed by atoms with Gasteiger partial charge in [0.05, 0.1) is 23.0 Å². The number of fused-ring (bicyclic) bond motifs is 1. The first kappa shape index (κ1) is 18.7. The SMILES string of the molecule is N#CCCN(C(=O)CN1C(=O)c2cccc([N+](=O)[O-])c2C1=O)c1ccccc1. The molecule has 0 saturated heterocycles. The van der Waals surface area contributed by atoms with Crippen molar-refractivity contribution < 1.29 is 19.3 Å². The van der Waals surface area contributed by atoms with Crippen molar-refractivity contribution in [1.82, 2.24) is 4.90 Å². The van der Waals surface area contributed by atoms with Crippen molar-refractivity contribution in [2.24, 2.45) is 0 Å². The second-order valence-electron chi connectivity index (χ2n) is 5.94. The fourth-order valence-electron chi connectivity index (χ4n) is 3.00. The predicted molar refractivity (Wildman–Crippen MR) is 97.5 cm³/mol. The van der Waals surface area contributed by atoms with Crippen LogP contribution in [0.25, 0.3) is 0 Å². The van der Waals surface area contributed by atoms with Crippen LogP contribution in [-0.2, 0) is 4.79 Å². The zero-order valence-electron chi connectivity index (χ0n) is 14.6. The number of carbonyl (C=O) groups excluding carboxylic acids is 3. The fraction of sp³-hybridized carbons (Fsp3) is 0.158. The molecule has 2 aromatic carbocycles. The van der Waals surface area contributed by atoms with E-state index in [1.165, 1.54) is 17.0 Å². The molecule has 0 unspecified atom stereocenters. The summed E-state index contributed by atoms with van der Waals surface area (Å²) in [6, 6.07) is 14.3. The van der Waals surface area contributed by atoms with Gasteiger partial charge in [-0.15, -0.1) is 0 Å². The Balaban J connectivity index is 1.88. The molecule has 9 heteroatoms. The van der Waals surface area contributed by atoms with Gasteiger partial charge in [-0.1, -0.05) is 24.3 Å². The Morgan fingerprint density at radius 3 is 2.46 bits per heavy atom. The predicted octanol–water partition coefficient (Wildman–Crippen LogP) is 2.14. The first-order valence-electron chi connectivity index (χ1n) is 8.31. The molecule has 2 aromatic rings. The van der Waals surface area contributed by atoms with Gasteiger partial charge < -0.3 is 4.90 Å². The van der Waals surface area contributed by atoms with Gasteiger partial charge in [-0.3, -0.25) is 29.4 Å². The third kappa shape index (κ3) is 3.31. The van der Waals surface area contributed by atoms with Gasteiger partial charge >= 0.3 is 0 Å². The van der Waals surface area contributed by atoms with Gasteiger partial charge in [-0.05, 0) is 18.2 Å². The number of imide groups is 1. The normalized spacial score (nSPS) is 12.5. The molecule has 0 aromatic heterocycles. The third-order valence-electron chi connectivity index (χ3n) is 4.28. The van der Waals surface area contributed by atoms with Crippen molar-refractivity contribution in [2.45, 2.75) is 6.42 Å². The molecule has 0 N–H and O–H groups in total. The molecule has 0 saturated carbocycles. The lowest BCUT2D eigenvalue weighted by Crippen LogP contribution is -2.43. The molecular formula is C19H14N4O5. The summed E-state index contributed by atoms with van der Waals surface area (Å²) < 4.78 is 0. The largest absolute Gasteiger partial charge is 0.310 e. The van der Waals surface area contributed by atoms with Gasteiger partial charge in [0.15, 0.2) is 0 Å². The maximum atomic E-state index is 12.8. The first-order valence-corrected chi connectivity index (χ1v) is 8.31. The molecule has 9 nitrogen and oxygen atoms in total. The molecule has 140 valence electrons. The van der Waals surface area contributed by atoms with E-state index in [1.54, 1.807) is 30.3 Å². The van der Waals surface area contributed by atoms with Crippen LogP contribution in [0.1, 0.15) is 27.1 Å². The molecule has 28 heavy (non-hydrogen) atoms. The number of benzene rings is 2. The Kier molecular flexibility index (Phi) is 5.13. The monoisotopic (exact) mass is 378 g/mol. The van der Waals surface area contributed by atoms with E-state index in [2.05, 4.69) is 0 Å². The Morgan fingerprint density at radius 1 is 1.11 bits per heavy atom. The van der Waals surface area contributed by atoms with Crippen molar-refractivity contribution in [3.8, 4) is 6.07 Å². The summed E-state index contributed by atoms with van der Waals surface area (Å²) >= 11 is 0. The lowest BCUT2D eigenvalue weighted by molar-refractivity contribution is -0.385. The standard InChI is InChI=1S/C19H14N4O5/c20-10-5-11-21(13-6-2-1-3-7-13)16(24)12-22-18(25)14-8-4-9-15(23(27)28)17(14)19(22)26/h1-4,6-9H,5,11-12H2. The molecule has 0 bridgehead atoms. The van der Waals surface area contributed by atoms with E-state index >= 15 is 0 Å². The summed E-state index contributed by atoms with van der Waals surface area (Å²) in [5, 5.41) is 20.0. The maximum absolute atomic E-state index is 12.8. The molecule has 3 amide bonds. The Hall–Kier alpha value is -4.06. The minimum Gasteiger partial charge on any atom is -0.310 e. The van der Waals surface area contributed by atoms with Gasteiger partial charge in [-0.25, -0.2) is 0 Å². The summed E-state index contributed by atoms with van der Waals surface area (Å²) in [5.41, 5.74) is -0.371. The number of nitro benzene ring substituents is 1. The number of hydrogen-bond donors (Lipinski definition) is 0. The van der Waals surface area contributed by atoms with Crippen LogP contribution in [0.15, 0.2) is 48.5 Å². The highest BCUT2D eigenvalue weighted by molar-refractivity contribution is 6.24. The Labute approximate surface area is 159 Å². The molecule has 1 heterocycles. The second kappa shape index (κ2) is 7.67. The van der Waals surface area contributed by atoms with E-state index in [0.717, 1.165) is 6.07 Å². The zero-order valence-corrected chi connectivity index (χ0v) is 14.6. The van der Waals surface area contributed by atoms with Crippen LogP contribution in [0.4, 0.5) is 11.4 Å². The number of nitriles is 1. The summed E-state index contributed by atoms with van der Waals surface area (Å²) in [7, 11) is 0. The smallest absolute Gasteiger partial charge is 0.282 e. The van der Waals surface area contributed by atoms with Gasteiger partial charge in [0, 0.05) is 18.3 Å². The minimum atomic E-state index is -0.881. The van der Waals surface area contributed by atoms with Crippen LogP contribution >= 0.6 is 0 Å². The second-order valence-corrected chi connectivity index (χ2v) is 5.94. The molecule has 0 spiro atoms. The van der Waals surface area contributed by atoms with Crippen molar-refractivity contribution in [1.29, 1.82) is 5.26 Å². The van der Waals surface area contributed by atoms with E-state index in [1.807, 2.05) is 6.07 Å². The molecular weight excluding hydrogens is 364 g/mol. The minimum absolute atomic E-state index is 0.0637. The highest BCUT2D eigenvalue weighted by Crippen LogP contribution is 2.30. The summed E-state index contributed by atoms with van der Waals surface area (Å²) in [6.45, 7) is -0.494. The van der Waals surface area contributed by atoms with E-state index in [0.29, 0.717) is 10.6 Å². The quantitative estimate of drug-likeness (QED) is 0.431. The van der Waals surface area contributed by atoms with Crippen LogP contribution in [0.2, 0.25) is 0 Å². The van der Waals surface area contributed by atoms with Crippen LogP contribution < -0.4 is 4.90 Å². The lowest BCUT2D eigenvalue weighted by Gasteiger charge is -2.24. The topological polar surface area (TPSA) is 125 Å². The van der Waals surface area contributed by atoms with Crippen LogP contribution in [0.5, 0.6) is 0 Å². The number of rotatable bonds is 6. The number of anilines is 1. The van der Waals surface area contributed by atoms with Crippen molar-refractivity contribution >= 4 is 29.1 Å². The number of nitrogens with zero attached hydrogens (tertiary/aromatic N) is 4. The van der Waals surface area contributed by atoms with Gasteiger partial charge in [0.25, 0.3) is 17.5 Å². The van der Waals surface area contributed by atoms with Crippen LogP contribution in [0, 0.1) is 21.4 Å². The van der Waals surface area contributed by atoms with Gasteiger partial charge in [-0.2, -0.15) is 5.26 Å². The number of nitro groups is 1. The molecule has 0 aliphatic carbocycles. The lowest BCUT2D eigenvalue weighted by atomic mass is 10.1. The first-order chi connectivity index (χ1) is 13.5. The highest BCUT2D eigenvalue weighted by Gasteiger charge is 2.42. The average molecular weight is 378 g/mol. The van der Waals surface area contributed by atoms with Crippen molar-refractivity contribution in [2.75, 3.05) is 18.0 Å². The maximum Gasteiger partial charge on any atom is 0.282 e. The highest BCUT2D eigenvalue weighted by atomic mass is 16.6. The Morgan fingerprint density at radius 2 is 1.82 bits per heavy atom. The van der Waals surface area contributed by atoms with E-state index in [-0.39, 0.29) is 24.1 Å². The number of carbonyl (C=O) groups is 3. The van der Waals surface area contributed by atoms with E-state index in [4.69, 9.17) is 5.26 Å².